The third-order valence-electron chi connectivity index (χ3n) is 3.33. The molecule has 0 radical (unpaired) electrons. The van der Waals surface area contributed by atoms with Gasteiger partial charge in [-0.1, -0.05) is 12.1 Å². The molecule has 0 heterocycles. The van der Waals surface area contributed by atoms with Crippen LogP contribution in [0.4, 0.5) is 22.0 Å². The van der Waals surface area contributed by atoms with Gasteiger partial charge >= 0.3 is 12.1 Å². The molecule has 0 spiro atoms. The zero-order valence-corrected chi connectivity index (χ0v) is 10.9. The van der Waals surface area contributed by atoms with E-state index in [0.717, 1.165) is 18.9 Å². The van der Waals surface area contributed by atoms with Gasteiger partial charge in [0.2, 0.25) is 0 Å². The molecule has 0 bridgehead atoms. The van der Waals surface area contributed by atoms with Crippen LogP contribution in [-0.4, -0.2) is 18.1 Å². The van der Waals surface area contributed by atoms with E-state index in [9.17, 15) is 26.7 Å². The van der Waals surface area contributed by atoms with Crippen LogP contribution in [0.25, 0.3) is 0 Å². The van der Waals surface area contributed by atoms with E-state index in [1.807, 2.05) is 0 Å². The van der Waals surface area contributed by atoms with E-state index in [2.05, 4.69) is 0 Å². The summed E-state index contributed by atoms with van der Waals surface area (Å²) < 4.78 is 68.7. The summed E-state index contributed by atoms with van der Waals surface area (Å²) in [6.45, 7) is 0. The van der Waals surface area contributed by atoms with Crippen molar-refractivity contribution in [1.29, 1.82) is 0 Å². The fourth-order valence-electron chi connectivity index (χ4n) is 2.17. The van der Waals surface area contributed by atoms with E-state index in [1.54, 1.807) is 0 Å². The molecule has 7 heteroatoms. The highest BCUT2D eigenvalue weighted by atomic mass is 19.4. The highest BCUT2D eigenvalue weighted by Gasteiger charge is 2.58. The van der Waals surface area contributed by atoms with Crippen LogP contribution in [0.5, 0.6) is 5.75 Å². The molecule has 1 aromatic rings. The molecule has 21 heavy (non-hydrogen) atoms. The Labute approximate surface area is 117 Å². The lowest BCUT2D eigenvalue weighted by Gasteiger charge is -2.23. The molecule has 1 aliphatic rings. The minimum Gasteiger partial charge on any atom is -0.483 e. The van der Waals surface area contributed by atoms with E-state index in [-0.39, 0.29) is 11.5 Å². The largest absolute Gasteiger partial charge is 0.483 e. The van der Waals surface area contributed by atoms with Crippen LogP contribution in [-0.2, 0) is 10.7 Å². The van der Waals surface area contributed by atoms with Crippen LogP contribution in [0.3, 0.4) is 0 Å². The summed E-state index contributed by atoms with van der Waals surface area (Å²) in [6.07, 6.45) is -4.16. The number of Topliss-reactive ketones (excluding diaryl/α,β-unsaturated/α-hetero) is 1. The van der Waals surface area contributed by atoms with Crippen LogP contribution >= 0.6 is 0 Å². The van der Waals surface area contributed by atoms with Crippen LogP contribution < -0.4 is 4.74 Å². The average molecular weight is 308 g/mol. The van der Waals surface area contributed by atoms with Gasteiger partial charge in [0.15, 0.2) is 11.9 Å². The van der Waals surface area contributed by atoms with Gasteiger partial charge in [-0.05, 0) is 31.4 Å². The number of ketones is 1. The molecule has 0 aromatic heterocycles. The summed E-state index contributed by atoms with van der Waals surface area (Å²) in [6, 6.07) is 3.63. The Bertz CT molecular complexity index is 524. The number of halogens is 5. The van der Waals surface area contributed by atoms with E-state index < -0.39 is 23.8 Å². The molecule has 2 nitrogen and oxygen atoms in total. The second kappa shape index (κ2) is 5.61. The maximum Gasteiger partial charge on any atom is 0.458 e. The van der Waals surface area contributed by atoms with Gasteiger partial charge in [-0.2, -0.15) is 22.0 Å². The first-order valence-electron chi connectivity index (χ1n) is 6.46. The molecule has 0 N–H and O–H groups in total. The average Bonchev–Trinajstić information content (AvgIpc) is 2.40. The van der Waals surface area contributed by atoms with Crippen molar-refractivity contribution in [3.63, 3.8) is 0 Å². The standard InChI is InChI=1S/C14H13F5O2/c15-13(16,14(17,18)19)9-4-3-5-10(8-9)21-12-7-2-1-6-11(12)20/h3-5,8,12H,1-2,6-7H2. The van der Waals surface area contributed by atoms with Crippen LogP contribution in [0, 0.1) is 0 Å². The maximum atomic E-state index is 13.3. The van der Waals surface area contributed by atoms with Gasteiger partial charge in [-0.25, -0.2) is 0 Å². The zero-order chi connectivity index (χ0) is 15.7. The molecule has 0 saturated heterocycles. The van der Waals surface area contributed by atoms with Gasteiger partial charge < -0.3 is 4.74 Å². The highest BCUT2D eigenvalue weighted by Crippen LogP contribution is 2.44. The number of ether oxygens (including phenoxy) is 1. The summed E-state index contributed by atoms with van der Waals surface area (Å²) in [4.78, 5) is 11.6. The number of carbonyl (C=O) groups excluding carboxylic acids is 1. The molecule has 0 aliphatic heterocycles. The number of alkyl halides is 5. The molecule has 1 fully saturated rings. The van der Waals surface area contributed by atoms with Gasteiger partial charge in [-0.15, -0.1) is 0 Å². The topological polar surface area (TPSA) is 26.3 Å². The van der Waals surface area contributed by atoms with Gasteiger partial charge in [0, 0.05) is 12.0 Å². The second-order valence-electron chi connectivity index (χ2n) is 4.92. The summed E-state index contributed by atoms with van der Waals surface area (Å²) in [5, 5.41) is 0. The molecular weight excluding hydrogens is 295 g/mol. The smallest absolute Gasteiger partial charge is 0.458 e. The fourth-order valence-corrected chi connectivity index (χ4v) is 2.17. The first-order valence-corrected chi connectivity index (χ1v) is 6.46. The molecule has 1 saturated carbocycles. The van der Waals surface area contributed by atoms with E-state index in [1.165, 1.54) is 6.07 Å². The van der Waals surface area contributed by atoms with Crippen molar-refractivity contribution in [2.75, 3.05) is 0 Å². The third kappa shape index (κ3) is 3.33. The monoisotopic (exact) mass is 308 g/mol. The van der Waals surface area contributed by atoms with Crippen molar-refractivity contribution < 1.29 is 31.5 Å². The van der Waals surface area contributed by atoms with Crippen LogP contribution in [0.15, 0.2) is 24.3 Å². The van der Waals surface area contributed by atoms with Crippen molar-refractivity contribution in [2.45, 2.75) is 43.9 Å². The lowest BCUT2D eigenvalue weighted by atomic mass is 9.96. The molecule has 116 valence electrons. The Morgan fingerprint density at radius 2 is 1.81 bits per heavy atom. The van der Waals surface area contributed by atoms with E-state index >= 15 is 0 Å². The van der Waals surface area contributed by atoms with Crippen molar-refractivity contribution >= 4 is 5.78 Å². The Kier molecular flexibility index (Phi) is 4.20. The van der Waals surface area contributed by atoms with Crippen molar-refractivity contribution in [3.05, 3.63) is 29.8 Å². The summed E-state index contributed by atoms with van der Waals surface area (Å²) in [5.41, 5.74) is -1.20. The first kappa shape index (κ1) is 15.7. The summed E-state index contributed by atoms with van der Waals surface area (Å²) in [5.74, 6) is -5.27. The number of rotatable bonds is 3. The molecule has 1 atom stereocenters. The summed E-state index contributed by atoms with van der Waals surface area (Å²) in [7, 11) is 0. The van der Waals surface area contributed by atoms with Crippen molar-refractivity contribution in [1.82, 2.24) is 0 Å². The lowest BCUT2D eigenvalue weighted by molar-refractivity contribution is -0.289. The maximum absolute atomic E-state index is 13.3. The minimum absolute atomic E-state index is 0.156. The number of benzene rings is 1. The molecule has 0 amide bonds. The minimum atomic E-state index is -5.67. The predicted molar refractivity (Wildman–Crippen MR) is 64.3 cm³/mol. The van der Waals surface area contributed by atoms with Crippen molar-refractivity contribution in [2.24, 2.45) is 0 Å². The number of hydrogen-bond donors (Lipinski definition) is 0. The molecule has 1 aromatic carbocycles. The lowest BCUT2D eigenvalue weighted by Crippen LogP contribution is -2.34. The van der Waals surface area contributed by atoms with Gasteiger partial charge in [0.25, 0.3) is 0 Å². The highest BCUT2D eigenvalue weighted by molar-refractivity contribution is 5.84. The number of hydrogen-bond acceptors (Lipinski definition) is 2. The van der Waals surface area contributed by atoms with Crippen LogP contribution in [0.2, 0.25) is 0 Å². The number of carbonyl (C=O) groups is 1. The molecular formula is C14H13F5O2. The predicted octanol–water partition coefficient (Wildman–Crippen LogP) is 4.23. The molecule has 1 aliphatic carbocycles. The van der Waals surface area contributed by atoms with E-state index in [4.69, 9.17) is 4.74 Å². The Balaban J connectivity index is 2.20. The van der Waals surface area contributed by atoms with Gasteiger partial charge in [0.1, 0.15) is 5.75 Å². The van der Waals surface area contributed by atoms with Gasteiger partial charge in [-0.3, -0.25) is 4.79 Å². The Morgan fingerprint density at radius 1 is 1.10 bits per heavy atom. The van der Waals surface area contributed by atoms with Crippen molar-refractivity contribution in [3.8, 4) is 5.75 Å². The van der Waals surface area contributed by atoms with Gasteiger partial charge in [0.05, 0.1) is 0 Å². The van der Waals surface area contributed by atoms with E-state index in [0.29, 0.717) is 25.0 Å². The molecule has 1 unspecified atom stereocenters. The zero-order valence-electron chi connectivity index (χ0n) is 10.9. The van der Waals surface area contributed by atoms with Crippen LogP contribution in [0.1, 0.15) is 31.2 Å². The first-order chi connectivity index (χ1) is 9.72. The Morgan fingerprint density at radius 3 is 2.43 bits per heavy atom. The molecule has 2 rings (SSSR count). The fraction of sp³-hybridized carbons (Fsp3) is 0.500. The SMILES string of the molecule is O=C1CCCCC1Oc1cccc(C(F)(F)C(F)(F)F)c1. The second-order valence-corrected chi connectivity index (χ2v) is 4.92. The quantitative estimate of drug-likeness (QED) is 0.781. The summed E-state index contributed by atoms with van der Waals surface area (Å²) >= 11 is 0. The Hall–Kier alpha value is -1.66. The third-order valence-corrected chi connectivity index (χ3v) is 3.33. The normalized spacial score (nSPS) is 20.4.